The lowest BCUT2D eigenvalue weighted by molar-refractivity contribution is 0.577. The number of pyridine rings is 1. The normalized spacial score (nSPS) is 12.8. The van der Waals surface area contributed by atoms with Crippen molar-refractivity contribution in [3.63, 3.8) is 0 Å². The fourth-order valence-corrected chi connectivity index (χ4v) is 1.98. The molecule has 18 heavy (non-hydrogen) atoms. The van der Waals surface area contributed by atoms with E-state index in [0.29, 0.717) is 10.8 Å². The average molecular weight is 260 g/mol. The van der Waals surface area contributed by atoms with Crippen LogP contribution in [-0.2, 0) is 0 Å². The molecule has 90 valence electrons. The fourth-order valence-electron chi connectivity index (χ4n) is 1.85. The molecular weight excluding hydrogens is 250 g/mol. The van der Waals surface area contributed by atoms with Crippen molar-refractivity contribution in [1.29, 1.82) is 0 Å². The molecule has 1 atom stereocenters. The molecule has 0 saturated carbocycles. The standard InChI is InChI=1S/C12H10ClN5/c1-8(9-3-2-4-14-5-9)18-12-10(6-16-18)15-7-11(13)17-12/h2-8H,1H3. The zero-order valence-electron chi connectivity index (χ0n) is 9.66. The van der Waals surface area contributed by atoms with E-state index >= 15 is 0 Å². The molecule has 0 bridgehead atoms. The summed E-state index contributed by atoms with van der Waals surface area (Å²) in [6.45, 7) is 2.03. The molecule has 6 heteroatoms. The predicted octanol–water partition coefficient (Wildman–Crippen LogP) is 2.48. The topological polar surface area (TPSA) is 56.5 Å². The molecule has 3 heterocycles. The Morgan fingerprint density at radius 1 is 1.28 bits per heavy atom. The lowest BCUT2D eigenvalue weighted by atomic mass is 10.1. The van der Waals surface area contributed by atoms with Crippen molar-refractivity contribution in [3.8, 4) is 0 Å². The number of rotatable bonds is 2. The number of hydrogen-bond donors (Lipinski definition) is 0. The molecule has 0 saturated heterocycles. The Labute approximate surface area is 108 Å². The smallest absolute Gasteiger partial charge is 0.178 e. The minimum Gasteiger partial charge on any atom is -0.264 e. The van der Waals surface area contributed by atoms with Crippen molar-refractivity contribution < 1.29 is 0 Å². The Morgan fingerprint density at radius 2 is 2.17 bits per heavy atom. The van der Waals surface area contributed by atoms with Gasteiger partial charge in [-0.2, -0.15) is 5.10 Å². The second-order valence-electron chi connectivity index (χ2n) is 3.95. The Bertz CT molecular complexity index is 679. The van der Waals surface area contributed by atoms with Gasteiger partial charge >= 0.3 is 0 Å². The molecule has 3 aromatic rings. The number of hydrogen-bond acceptors (Lipinski definition) is 4. The lowest BCUT2D eigenvalue weighted by Crippen LogP contribution is -2.09. The maximum Gasteiger partial charge on any atom is 0.178 e. The van der Waals surface area contributed by atoms with Crippen LogP contribution in [0.5, 0.6) is 0 Å². The van der Waals surface area contributed by atoms with E-state index in [4.69, 9.17) is 11.6 Å². The molecule has 1 unspecified atom stereocenters. The van der Waals surface area contributed by atoms with E-state index in [1.807, 2.05) is 25.3 Å². The highest BCUT2D eigenvalue weighted by atomic mass is 35.5. The third kappa shape index (κ3) is 1.82. The van der Waals surface area contributed by atoms with Crippen LogP contribution in [-0.4, -0.2) is 24.7 Å². The first kappa shape index (κ1) is 11.1. The van der Waals surface area contributed by atoms with Crippen LogP contribution in [0, 0.1) is 0 Å². The summed E-state index contributed by atoms with van der Waals surface area (Å²) in [6, 6.07) is 3.93. The van der Waals surface area contributed by atoms with Gasteiger partial charge in [-0.05, 0) is 18.6 Å². The third-order valence-corrected chi connectivity index (χ3v) is 2.99. The molecule has 0 fully saturated rings. The van der Waals surface area contributed by atoms with E-state index in [2.05, 4.69) is 20.1 Å². The van der Waals surface area contributed by atoms with E-state index in [1.165, 1.54) is 6.20 Å². The van der Waals surface area contributed by atoms with E-state index in [-0.39, 0.29) is 6.04 Å². The van der Waals surface area contributed by atoms with Crippen LogP contribution in [0.1, 0.15) is 18.5 Å². The summed E-state index contributed by atoms with van der Waals surface area (Å²) in [5.74, 6) is 0. The summed E-state index contributed by atoms with van der Waals surface area (Å²) in [5.41, 5.74) is 2.47. The molecule has 0 N–H and O–H groups in total. The minimum atomic E-state index is 0.0315. The van der Waals surface area contributed by atoms with Gasteiger partial charge in [0.15, 0.2) is 5.65 Å². The highest BCUT2D eigenvalue weighted by Gasteiger charge is 2.14. The van der Waals surface area contributed by atoms with Crippen molar-refractivity contribution in [1.82, 2.24) is 24.7 Å². The van der Waals surface area contributed by atoms with Gasteiger partial charge in [0.25, 0.3) is 0 Å². The molecule has 5 nitrogen and oxygen atoms in total. The predicted molar refractivity (Wildman–Crippen MR) is 68.4 cm³/mol. The van der Waals surface area contributed by atoms with E-state index in [0.717, 1.165) is 11.1 Å². The Balaban J connectivity index is 2.12. The van der Waals surface area contributed by atoms with Crippen molar-refractivity contribution >= 4 is 22.8 Å². The lowest BCUT2D eigenvalue weighted by Gasteiger charge is -2.12. The van der Waals surface area contributed by atoms with Crippen molar-refractivity contribution in [2.75, 3.05) is 0 Å². The highest BCUT2D eigenvalue weighted by molar-refractivity contribution is 6.29. The zero-order valence-corrected chi connectivity index (χ0v) is 10.4. The molecule has 0 aliphatic heterocycles. The van der Waals surface area contributed by atoms with Crippen LogP contribution in [0.4, 0.5) is 0 Å². The van der Waals surface area contributed by atoms with Crippen LogP contribution in [0.15, 0.2) is 36.9 Å². The number of fused-ring (bicyclic) bond motifs is 1. The third-order valence-electron chi connectivity index (χ3n) is 2.81. The quantitative estimate of drug-likeness (QED) is 0.709. The first-order valence-corrected chi connectivity index (χ1v) is 5.89. The molecule has 0 spiro atoms. The Hall–Kier alpha value is -2.01. The molecular formula is C12H10ClN5. The summed E-state index contributed by atoms with van der Waals surface area (Å²) in [7, 11) is 0. The second kappa shape index (κ2) is 4.34. The molecule has 0 amide bonds. The maximum absolute atomic E-state index is 5.87. The minimum absolute atomic E-state index is 0.0315. The van der Waals surface area contributed by atoms with Crippen molar-refractivity contribution in [3.05, 3.63) is 47.6 Å². The highest BCUT2D eigenvalue weighted by Crippen LogP contribution is 2.21. The van der Waals surface area contributed by atoms with E-state index in [1.54, 1.807) is 17.1 Å². The average Bonchev–Trinajstić information content (AvgIpc) is 2.82. The number of aromatic nitrogens is 5. The molecule has 0 aliphatic rings. The molecule has 3 aromatic heterocycles. The van der Waals surface area contributed by atoms with Gasteiger partial charge < -0.3 is 0 Å². The zero-order chi connectivity index (χ0) is 12.5. The Kier molecular flexibility index (Phi) is 2.68. The van der Waals surface area contributed by atoms with E-state index in [9.17, 15) is 0 Å². The first-order chi connectivity index (χ1) is 8.75. The van der Waals surface area contributed by atoms with E-state index < -0.39 is 0 Å². The first-order valence-electron chi connectivity index (χ1n) is 5.51. The summed E-state index contributed by atoms with van der Waals surface area (Å²) < 4.78 is 1.80. The molecule has 3 rings (SSSR count). The number of nitrogens with zero attached hydrogens (tertiary/aromatic N) is 5. The molecule has 0 aliphatic carbocycles. The van der Waals surface area contributed by atoms with Crippen LogP contribution >= 0.6 is 11.6 Å². The van der Waals surface area contributed by atoms with Crippen LogP contribution < -0.4 is 0 Å². The van der Waals surface area contributed by atoms with Gasteiger partial charge in [-0.1, -0.05) is 17.7 Å². The van der Waals surface area contributed by atoms with Gasteiger partial charge in [-0.25, -0.2) is 14.6 Å². The van der Waals surface area contributed by atoms with Gasteiger partial charge in [0.05, 0.1) is 18.4 Å². The summed E-state index contributed by atoms with van der Waals surface area (Å²) >= 11 is 5.87. The SMILES string of the molecule is CC(c1cccnc1)n1ncc2ncc(Cl)nc21. The van der Waals surface area contributed by atoms with Gasteiger partial charge in [0.1, 0.15) is 10.7 Å². The maximum atomic E-state index is 5.87. The summed E-state index contributed by atoms with van der Waals surface area (Å²) in [4.78, 5) is 12.6. The Morgan fingerprint density at radius 3 is 2.94 bits per heavy atom. The monoisotopic (exact) mass is 259 g/mol. The van der Waals surface area contributed by atoms with Crippen LogP contribution in [0.25, 0.3) is 11.2 Å². The van der Waals surface area contributed by atoms with Crippen LogP contribution in [0.2, 0.25) is 5.15 Å². The van der Waals surface area contributed by atoms with Gasteiger partial charge in [-0.3, -0.25) is 4.98 Å². The van der Waals surface area contributed by atoms with Gasteiger partial charge in [-0.15, -0.1) is 0 Å². The van der Waals surface area contributed by atoms with Crippen molar-refractivity contribution in [2.24, 2.45) is 0 Å². The molecule has 0 radical (unpaired) electrons. The van der Waals surface area contributed by atoms with Crippen molar-refractivity contribution in [2.45, 2.75) is 13.0 Å². The largest absolute Gasteiger partial charge is 0.264 e. The fraction of sp³-hybridized carbons (Fsp3) is 0.167. The van der Waals surface area contributed by atoms with Crippen LogP contribution in [0.3, 0.4) is 0 Å². The van der Waals surface area contributed by atoms with Gasteiger partial charge in [0.2, 0.25) is 0 Å². The number of halogens is 1. The molecule has 0 aromatic carbocycles. The summed E-state index contributed by atoms with van der Waals surface area (Å²) in [6.07, 6.45) is 6.76. The second-order valence-corrected chi connectivity index (χ2v) is 4.34. The summed E-state index contributed by atoms with van der Waals surface area (Å²) in [5, 5.41) is 4.68. The van der Waals surface area contributed by atoms with Gasteiger partial charge in [0, 0.05) is 12.4 Å².